The maximum absolute atomic E-state index is 13.2. The van der Waals surface area contributed by atoms with E-state index >= 15 is 0 Å². The molecule has 1 fully saturated rings. The number of amides is 1. The molecule has 1 aliphatic carbocycles. The van der Waals surface area contributed by atoms with Crippen LogP contribution in [0.5, 0.6) is 0 Å². The molecule has 0 unspecified atom stereocenters. The second-order valence-electron chi connectivity index (χ2n) is 6.33. The summed E-state index contributed by atoms with van der Waals surface area (Å²) in [4.78, 5) is 23.5. The lowest BCUT2D eigenvalue weighted by Crippen LogP contribution is -2.18. The molecule has 0 radical (unpaired) electrons. The predicted octanol–water partition coefficient (Wildman–Crippen LogP) is 4.38. The van der Waals surface area contributed by atoms with Crippen molar-refractivity contribution in [3.8, 4) is 11.3 Å². The lowest BCUT2D eigenvalue weighted by Gasteiger charge is -2.03. The quantitative estimate of drug-likeness (QED) is 0.556. The third-order valence-corrected chi connectivity index (χ3v) is 4.61. The molecule has 1 heterocycles. The first-order valence-electron chi connectivity index (χ1n) is 8.22. The monoisotopic (exact) mass is 354 g/mol. The summed E-state index contributed by atoms with van der Waals surface area (Å²) in [5, 5.41) is 14.5. The first-order valence-corrected chi connectivity index (χ1v) is 8.22. The Bertz CT molecular complexity index is 1040. The smallest absolute Gasteiger partial charge is 0.276 e. The van der Waals surface area contributed by atoms with Crippen molar-refractivity contribution in [1.29, 1.82) is 0 Å². The van der Waals surface area contributed by atoms with Gasteiger partial charge < -0.3 is 9.73 Å². The first-order chi connectivity index (χ1) is 12.5. The van der Waals surface area contributed by atoms with Crippen LogP contribution in [0.1, 0.15) is 34.7 Å². The van der Waals surface area contributed by atoms with Crippen LogP contribution in [0.4, 0.5) is 10.1 Å². The van der Waals surface area contributed by atoms with Crippen molar-refractivity contribution < 1.29 is 18.5 Å². The molecule has 6 nitrogen and oxygen atoms in total. The van der Waals surface area contributed by atoms with Crippen LogP contribution in [0.15, 0.2) is 40.8 Å². The van der Waals surface area contributed by atoms with Gasteiger partial charge in [-0.25, -0.2) is 4.39 Å². The van der Waals surface area contributed by atoms with Gasteiger partial charge in [0.05, 0.1) is 16.6 Å². The molecule has 1 aromatic heterocycles. The van der Waals surface area contributed by atoms with Crippen LogP contribution in [0, 0.1) is 15.9 Å². The molecular formula is C19H15FN2O4. The number of hydrogen-bond acceptors (Lipinski definition) is 4. The second kappa shape index (κ2) is 5.94. The van der Waals surface area contributed by atoms with Crippen molar-refractivity contribution in [1.82, 2.24) is 5.32 Å². The van der Waals surface area contributed by atoms with Crippen LogP contribution in [-0.4, -0.2) is 17.9 Å². The second-order valence-corrected chi connectivity index (χ2v) is 6.33. The summed E-state index contributed by atoms with van der Waals surface area (Å²) in [7, 11) is 1.50. The number of rotatable bonds is 4. The minimum absolute atomic E-state index is 0.00265. The van der Waals surface area contributed by atoms with E-state index in [1.165, 1.54) is 37.4 Å². The fourth-order valence-corrected chi connectivity index (χ4v) is 3.18. The zero-order valence-corrected chi connectivity index (χ0v) is 13.9. The van der Waals surface area contributed by atoms with Crippen LogP contribution < -0.4 is 5.32 Å². The van der Waals surface area contributed by atoms with E-state index in [1.807, 2.05) is 0 Å². The lowest BCUT2D eigenvalue weighted by molar-refractivity contribution is -0.385. The fraction of sp³-hybridized carbons (Fsp3) is 0.211. The molecule has 0 spiro atoms. The van der Waals surface area contributed by atoms with Crippen LogP contribution in [-0.2, 0) is 0 Å². The minimum atomic E-state index is -0.424. The summed E-state index contributed by atoms with van der Waals surface area (Å²) in [5.74, 6) is -0.361. The summed E-state index contributed by atoms with van der Waals surface area (Å²) >= 11 is 0. The van der Waals surface area contributed by atoms with Crippen molar-refractivity contribution >= 4 is 22.6 Å². The average Bonchev–Trinajstić information content (AvgIpc) is 3.41. The van der Waals surface area contributed by atoms with Crippen LogP contribution in [0.2, 0.25) is 0 Å². The Morgan fingerprint density at radius 2 is 1.96 bits per heavy atom. The molecule has 0 aliphatic heterocycles. The molecule has 0 atom stereocenters. The number of carbonyl (C=O) groups excluding carboxylic acids is 1. The Morgan fingerprint density at radius 1 is 1.27 bits per heavy atom. The summed E-state index contributed by atoms with van der Waals surface area (Å²) in [5.41, 5.74) is 1.71. The van der Waals surface area contributed by atoms with Gasteiger partial charge in [-0.05, 0) is 49.1 Å². The number of benzene rings is 2. The van der Waals surface area contributed by atoms with Gasteiger partial charge in [0.15, 0.2) is 0 Å². The van der Waals surface area contributed by atoms with E-state index in [1.54, 1.807) is 6.07 Å². The standard InChI is InChI=1S/C19H15FN2O4/c1-21-19(23)17-14-8-13(10-2-3-10)15(22(24)25)9-16(14)26-18(17)11-4-6-12(20)7-5-11/h4-10H,2-3H2,1H3,(H,21,23). The van der Waals surface area contributed by atoms with Gasteiger partial charge >= 0.3 is 0 Å². The molecular weight excluding hydrogens is 339 g/mol. The summed E-state index contributed by atoms with van der Waals surface area (Å²) < 4.78 is 19.0. The highest BCUT2D eigenvalue weighted by Gasteiger charge is 2.33. The molecule has 1 aliphatic rings. The van der Waals surface area contributed by atoms with Crippen molar-refractivity contribution in [2.75, 3.05) is 7.05 Å². The number of nitrogens with one attached hydrogen (secondary N) is 1. The Hall–Kier alpha value is -3.22. The fourth-order valence-electron chi connectivity index (χ4n) is 3.18. The summed E-state index contributed by atoms with van der Waals surface area (Å²) in [6.07, 6.45) is 1.79. The van der Waals surface area contributed by atoms with E-state index < -0.39 is 10.7 Å². The number of halogens is 1. The number of carbonyl (C=O) groups is 1. The van der Waals surface area contributed by atoms with Crippen LogP contribution >= 0.6 is 0 Å². The molecule has 7 heteroatoms. The zero-order valence-electron chi connectivity index (χ0n) is 13.9. The number of fused-ring (bicyclic) bond motifs is 1. The van der Waals surface area contributed by atoms with Gasteiger partial charge in [-0.2, -0.15) is 0 Å². The number of hydrogen-bond donors (Lipinski definition) is 1. The lowest BCUT2D eigenvalue weighted by atomic mass is 10.0. The zero-order chi connectivity index (χ0) is 18.4. The molecule has 1 N–H and O–H groups in total. The largest absolute Gasteiger partial charge is 0.455 e. The highest BCUT2D eigenvalue weighted by atomic mass is 19.1. The van der Waals surface area contributed by atoms with Crippen molar-refractivity contribution in [3.63, 3.8) is 0 Å². The third-order valence-electron chi connectivity index (χ3n) is 4.61. The summed E-state index contributed by atoms with van der Waals surface area (Å²) in [6.45, 7) is 0. The van der Waals surface area contributed by atoms with E-state index in [2.05, 4.69) is 5.32 Å². The number of nitro benzene ring substituents is 1. The molecule has 1 saturated carbocycles. The van der Waals surface area contributed by atoms with E-state index in [4.69, 9.17) is 4.42 Å². The van der Waals surface area contributed by atoms with Crippen LogP contribution in [0.3, 0.4) is 0 Å². The Kier molecular flexibility index (Phi) is 3.72. The minimum Gasteiger partial charge on any atom is -0.455 e. The van der Waals surface area contributed by atoms with E-state index in [0.29, 0.717) is 22.1 Å². The molecule has 1 amide bonds. The van der Waals surface area contributed by atoms with Gasteiger partial charge in [-0.3, -0.25) is 14.9 Å². The Morgan fingerprint density at radius 3 is 2.54 bits per heavy atom. The van der Waals surface area contributed by atoms with E-state index in [9.17, 15) is 19.3 Å². The van der Waals surface area contributed by atoms with E-state index in [0.717, 1.165) is 12.8 Å². The topological polar surface area (TPSA) is 85.4 Å². The summed E-state index contributed by atoms with van der Waals surface area (Å²) in [6, 6.07) is 8.63. The van der Waals surface area contributed by atoms with Gasteiger partial charge in [0.25, 0.3) is 11.6 Å². The number of furan rings is 1. The normalized spacial score (nSPS) is 13.8. The van der Waals surface area contributed by atoms with Gasteiger partial charge in [0.2, 0.25) is 0 Å². The highest BCUT2D eigenvalue weighted by molar-refractivity contribution is 6.11. The Labute approximate surface area is 147 Å². The van der Waals surface area contributed by atoms with Gasteiger partial charge in [0.1, 0.15) is 17.2 Å². The molecule has 0 bridgehead atoms. The van der Waals surface area contributed by atoms with Crippen molar-refractivity contribution in [2.24, 2.45) is 0 Å². The number of nitro groups is 1. The molecule has 4 rings (SSSR count). The van der Waals surface area contributed by atoms with Gasteiger partial charge in [0, 0.05) is 23.6 Å². The maximum Gasteiger partial charge on any atom is 0.276 e. The van der Waals surface area contributed by atoms with Crippen molar-refractivity contribution in [3.05, 3.63) is 63.5 Å². The molecule has 3 aromatic rings. The maximum atomic E-state index is 13.2. The molecule has 2 aromatic carbocycles. The Balaban J connectivity index is 2.01. The van der Waals surface area contributed by atoms with Crippen LogP contribution in [0.25, 0.3) is 22.3 Å². The van der Waals surface area contributed by atoms with E-state index in [-0.39, 0.29) is 28.9 Å². The molecule has 0 saturated heterocycles. The highest BCUT2D eigenvalue weighted by Crippen LogP contribution is 2.47. The van der Waals surface area contributed by atoms with Crippen molar-refractivity contribution in [2.45, 2.75) is 18.8 Å². The third kappa shape index (κ3) is 2.61. The molecule has 26 heavy (non-hydrogen) atoms. The SMILES string of the molecule is CNC(=O)c1c(-c2ccc(F)cc2)oc2cc([N+](=O)[O-])c(C3CC3)cc12. The number of nitrogens with zero attached hydrogens (tertiary/aromatic N) is 1. The van der Waals surface area contributed by atoms with Gasteiger partial charge in [-0.15, -0.1) is 0 Å². The molecule has 132 valence electrons. The first kappa shape index (κ1) is 16.3. The van der Waals surface area contributed by atoms with Gasteiger partial charge in [-0.1, -0.05) is 0 Å². The predicted molar refractivity (Wildman–Crippen MR) is 93.6 cm³/mol. The average molecular weight is 354 g/mol.